The van der Waals surface area contributed by atoms with E-state index in [2.05, 4.69) is 20.1 Å². The number of esters is 2. The number of methoxy groups -OCH3 is 5. The third-order valence-corrected chi connectivity index (χ3v) is 4.21. The maximum absolute atomic E-state index is 12.4. The minimum atomic E-state index is -0.661. The first kappa shape index (κ1) is 23.3. The molecule has 0 atom stereocenters. The van der Waals surface area contributed by atoms with Gasteiger partial charge in [-0.2, -0.15) is 0 Å². The third kappa shape index (κ3) is 5.78. The molecule has 0 unspecified atom stereocenters. The number of carbonyl (C=O) groups excluding carboxylic acids is 3. The number of hydrogen-bond acceptors (Lipinski definition) is 8. The van der Waals surface area contributed by atoms with E-state index in [1.807, 2.05) is 0 Å². The average molecular weight is 432 g/mol. The lowest BCUT2D eigenvalue weighted by atomic mass is 10.1. The van der Waals surface area contributed by atoms with Gasteiger partial charge in [0.25, 0.3) is 0 Å². The maximum atomic E-state index is 12.4. The lowest BCUT2D eigenvalue weighted by Gasteiger charge is -2.15. The fourth-order valence-electron chi connectivity index (χ4n) is 2.77. The molecule has 0 spiro atoms. The predicted octanol–water partition coefficient (Wildman–Crippen LogP) is 2.61. The first-order chi connectivity index (χ1) is 14.9. The Hall–Kier alpha value is -3.95. The van der Waals surface area contributed by atoms with Crippen LogP contribution in [-0.2, 0) is 16.0 Å². The molecule has 31 heavy (non-hydrogen) atoms. The molecule has 166 valence electrons. The summed E-state index contributed by atoms with van der Waals surface area (Å²) in [6, 6.07) is 6.93. The second-order valence-corrected chi connectivity index (χ2v) is 6.12. The predicted molar refractivity (Wildman–Crippen MR) is 111 cm³/mol. The highest BCUT2D eigenvalue weighted by atomic mass is 16.5. The molecule has 0 saturated carbocycles. The zero-order chi connectivity index (χ0) is 23.0. The van der Waals surface area contributed by atoms with Crippen molar-refractivity contribution in [1.82, 2.24) is 5.32 Å². The molecule has 2 rings (SSSR count). The Morgan fingerprint density at radius 2 is 1.26 bits per heavy atom. The Morgan fingerprint density at radius 1 is 0.742 bits per heavy atom. The normalized spacial score (nSPS) is 9.97. The largest absolute Gasteiger partial charge is 0.493 e. The number of nitrogens with one attached hydrogen (secondary N) is 2. The summed E-state index contributed by atoms with van der Waals surface area (Å²) < 4.78 is 25.2. The molecule has 0 aromatic heterocycles. The van der Waals surface area contributed by atoms with Crippen molar-refractivity contribution in [2.45, 2.75) is 6.54 Å². The number of anilines is 1. The first-order valence-corrected chi connectivity index (χ1v) is 9.02. The van der Waals surface area contributed by atoms with Crippen LogP contribution in [0.2, 0.25) is 0 Å². The number of rotatable bonds is 8. The molecule has 0 saturated heterocycles. The summed E-state index contributed by atoms with van der Waals surface area (Å²) in [5.74, 6) is 0.0200. The van der Waals surface area contributed by atoms with Gasteiger partial charge in [-0.1, -0.05) is 0 Å². The average Bonchev–Trinajstić information content (AvgIpc) is 2.80. The summed E-state index contributed by atoms with van der Waals surface area (Å²) in [6.45, 7) is 0.142. The SMILES string of the molecule is COC(=O)c1cc(NC(=O)NCc2cc(OC)c(OC)c(OC)c2)cc(C(=O)OC)c1. The van der Waals surface area contributed by atoms with Gasteiger partial charge in [0.05, 0.1) is 46.7 Å². The molecule has 0 radical (unpaired) electrons. The van der Waals surface area contributed by atoms with E-state index in [9.17, 15) is 14.4 Å². The molecule has 0 aliphatic rings. The van der Waals surface area contributed by atoms with Crippen molar-refractivity contribution in [2.75, 3.05) is 40.9 Å². The molecule has 2 amide bonds. The zero-order valence-corrected chi connectivity index (χ0v) is 17.9. The molecule has 2 aromatic carbocycles. The summed E-state index contributed by atoms with van der Waals surface area (Å²) >= 11 is 0. The summed E-state index contributed by atoms with van der Waals surface area (Å²) in [7, 11) is 6.91. The smallest absolute Gasteiger partial charge is 0.337 e. The molecule has 0 heterocycles. The maximum Gasteiger partial charge on any atom is 0.337 e. The molecule has 10 heteroatoms. The summed E-state index contributed by atoms with van der Waals surface area (Å²) in [5.41, 5.74) is 1.09. The number of amides is 2. The highest BCUT2D eigenvalue weighted by Gasteiger charge is 2.16. The second-order valence-electron chi connectivity index (χ2n) is 6.12. The van der Waals surface area contributed by atoms with Gasteiger partial charge in [-0.25, -0.2) is 14.4 Å². The Kier molecular flexibility index (Phi) is 8.07. The lowest BCUT2D eigenvalue weighted by Crippen LogP contribution is -2.28. The Labute approximate surface area is 179 Å². The number of urea groups is 1. The van der Waals surface area contributed by atoms with E-state index in [-0.39, 0.29) is 23.4 Å². The summed E-state index contributed by atoms with van der Waals surface area (Å²) in [5, 5.41) is 5.26. The Balaban J connectivity index is 2.17. The molecular weight excluding hydrogens is 408 g/mol. The van der Waals surface area contributed by atoms with Gasteiger partial charge in [0.1, 0.15) is 0 Å². The van der Waals surface area contributed by atoms with Gasteiger partial charge in [0, 0.05) is 12.2 Å². The monoisotopic (exact) mass is 432 g/mol. The van der Waals surface area contributed by atoms with E-state index in [0.717, 1.165) is 0 Å². The van der Waals surface area contributed by atoms with Gasteiger partial charge in [-0.3, -0.25) is 0 Å². The standard InChI is InChI=1S/C21H24N2O8/c1-27-16-6-12(7-17(28-2)18(16)29-3)11-22-21(26)23-15-9-13(19(24)30-4)8-14(10-15)20(25)31-5/h6-10H,11H2,1-5H3,(H2,22,23,26). The quantitative estimate of drug-likeness (QED) is 0.611. The minimum absolute atomic E-state index is 0.0883. The van der Waals surface area contributed by atoms with Crippen LogP contribution in [-0.4, -0.2) is 53.5 Å². The van der Waals surface area contributed by atoms with Gasteiger partial charge >= 0.3 is 18.0 Å². The van der Waals surface area contributed by atoms with Crippen molar-refractivity contribution in [3.8, 4) is 17.2 Å². The van der Waals surface area contributed by atoms with Crippen LogP contribution in [0.1, 0.15) is 26.3 Å². The van der Waals surface area contributed by atoms with Crippen LogP contribution in [0.15, 0.2) is 30.3 Å². The van der Waals surface area contributed by atoms with Crippen molar-refractivity contribution < 1.29 is 38.1 Å². The lowest BCUT2D eigenvalue weighted by molar-refractivity contribution is 0.0599. The zero-order valence-electron chi connectivity index (χ0n) is 17.9. The molecular formula is C21H24N2O8. The Bertz CT molecular complexity index is 915. The number of ether oxygens (including phenoxy) is 5. The molecule has 2 aromatic rings. The van der Waals surface area contributed by atoms with Crippen molar-refractivity contribution in [3.05, 3.63) is 47.0 Å². The number of hydrogen-bond donors (Lipinski definition) is 2. The van der Waals surface area contributed by atoms with Crippen LogP contribution in [0.5, 0.6) is 17.2 Å². The van der Waals surface area contributed by atoms with Crippen LogP contribution in [0.25, 0.3) is 0 Å². The molecule has 10 nitrogen and oxygen atoms in total. The molecule has 0 bridgehead atoms. The van der Waals surface area contributed by atoms with Gasteiger partial charge in [-0.15, -0.1) is 0 Å². The number of carbonyl (C=O) groups is 3. The van der Waals surface area contributed by atoms with Crippen LogP contribution in [0.4, 0.5) is 10.5 Å². The first-order valence-electron chi connectivity index (χ1n) is 9.02. The number of benzene rings is 2. The van der Waals surface area contributed by atoms with E-state index < -0.39 is 18.0 Å². The van der Waals surface area contributed by atoms with Crippen LogP contribution in [0, 0.1) is 0 Å². The van der Waals surface area contributed by atoms with E-state index in [4.69, 9.17) is 14.2 Å². The third-order valence-electron chi connectivity index (χ3n) is 4.21. The molecule has 0 aliphatic carbocycles. The highest BCUT2D eigenvalue weighted by Crippen LogP contribution is 2.38. The van der Waals surface area contributed by atoms with E-state index in [0.29, 0.717) is 22.8 Å². The topological polar surface area (TPSA) is 121 Å². The van der Waals surface area contributed by atoms with Crippen LogP contribution < -0.4 is 24.8 Å². The van der Waals surface area contributed by atoms with Crippen molar-refractivity contribution in [3.63, 3.8) is 0 Å². The molecule has 0 fully saturated rings. The van der Waals surface area contributed by atoms with Crippen LogP contribution in [0.3, 0.4) is 0 Å². The minimum Gasteiger partial charge on any atom is -0.493 e. The van der Waals surface area contributed by atoms with E-state index in [1.165, 1.54) is 53.7 Å². The van der Waals surface area contributed by atoms with Gasteiger partial charge < -0.3 is 34.3 Å². The van der Waals surface area contributed by atoms with Crippen molar-refractivity contribution in [2.24, 2.45) is 0 Å². The van der Waals surface area contributed by atoms with Crippen LogP contribution >= 0.6 is 0 Å². The van der Waals surface area contributed by atoms with Gasteiger partial charge in [0.15, 0.2) is 11.5 Å². The summed E-state index contributed by atoms with van der Waals surface area (Å²) in [6.07, 6.45) is 0. The second kappa shape index (κ2) is 10.7. The summed E-state index contributed by atoms with van der Waals surface area (Å²) in [4.78, 5) is 36.1. The van der Waals surface area contributed by atoms with E-state index >= 15 is 0 Å². The molecule has 0 aliphatic heterocycles. The van der Waals surface area contributed by atoms with Crippen molar-refractivity contribution >= 4 is 23.7 Å². The fraction of sp³-hybridized carbons (Fsp3) is 0.286. The fourth-order valence-corrected chi connectivity index (χ4v) is 2.77. The highest BCUT2D eigenvalue weighted by molar-refractivity contribution is 5.99. The van der Waals surface area contributed by atoms with Crippen molar-refractivity contribution in [1.29, 1.82) is 0 Å². The van der Waals surface area contributed by atoms with Gasteiger partial charge in [-0.05, 0) is 35.9 Å². The Morgan fingerprint density at radius 3 is 1.68 bits per heavy atom. The van der Waals surface area contributed by atoms with Gasteiger partial charge in [0.2, 0.25) is 5.75 Å². The van der Waals surface area contributed by atoms with E-state index in [1.54, 1.807) is 12.1 Å². The molecule has 2 N–H and O–H groups in total.